The van der Waals surface area contributed by atoms with Crippen LogP contribution in [0.1, 0.15) is 0 Å². The Balaban J connectivity index is 1.31. The first kappa shape index (κ1) is 20.3. The molecule has 0 unspecified atom stereocenters. The van der Waals surface area contributed by atoms with Crippen molar-refractivity contribution in [3.8, 4) is 11.5 Å². The number of rotatable bonds is 6. The van der Waals surface area contributed by atoms with Crippen molar-refractivity contribution >= 4 is 28.9 Å². The van der Waals surface area contributed by atoms with Gasteiger partial charge in [0.2, 0.25) is 5.91 Å². The summed E-state index contributed by atoms with van der Waals surface area (Å²) in [5.41, 5.74) is 1.79. The predicted molar refractivity (Wildman–Crippen MR) is 122 cm³/mol. The van der Waals surface area contributed by atoms with E-state index in [2.05, 4.69) is 21.2 Å². The van der Waals surface area contributed by atoms with Gasteiger partial charge in [0.1, 0.15) is 5.75 Å². The van der Waals surface area contributed by atoms with Crippen molar-refractivity contribution in [3.63, 3.8) is 0 Å². The number of carbonyl (C=O) groups excluding carboxylic acids is 1. The van der Waals surface area contributed by atoms with Gasteiger partial charge in [0.25, 0.3) is 0 Å². The normalized spacial score (nSPS) is 14.4. The lowest BCUT2D eigenvalue weighted by molar-refractivity contribution is -0.117. The molecule has 0 aromatic heterocycles. The van der Waals surface area contributed by atoms with Crippen LogP contribution in [0.25, 0.3) is 0 Å². The van der Waals surface area contributed by atoms with Crippen molar-refractivity contribution in [2.75, 3.05) is 42.9 Å². The molecule has 1 amide bonds. The van der Waals surface area contributed by atoms with E-state index >= 15 is 0 Å². The second kappa shape index (κ2) is 9.65. The van der Waals surface area contributed by atoms with E-state index in [9.17, 15) is 4.79 Å². The van der Waals surface area contributed by atoms with E-state index in [0.29, 0.717) is 18.0 Å². The van der Waals surface area contributed by atoms with Crippen LogP contribution in [0.2, 0.25) is 5.02 Å². The molecule has 1 fully saturated rings. The van der Waals surface area contributed by atoms with Gasteiger partial charge >= 0.3 is 0 Å². The Bertz CT molecular complexity index is 989. The third-order valence-corrected chi connectivity index (χ3v) is 5.28. The molecule has 0 atom stereocenters. The van der Waals surface area contributed by atoms with Crippen molar-refractivity contribution in [1.82, 2.24) is 4.90 Å². The van der Waals surface area contributed by atoms with Gasteiger partial charge in [0.15, 0.2) is 5.75 Å². The Morgan fingerprint density at radius 2 is 1.63 bits per heavy atom. The molecule has 1 heterocycles. The standard InChI is InChI=1S/C24H24ClN3O2/c25-19-7-6-8-20(17-19)28-15-13-27(14-16-28)18-24(29)26-22-11-4-5-12-23(22)30-21-9-2-1-3-10-21/h1-12,17H,13-16,18H2,(H,26,29). The van der Waals surface area contributed by atoms with Crippen molar-refractivity contribution in [2.24, 2.45) is 0 Å². The zero-order valence-corrected chi connectivity index (χ0v) is 17.4. The van der Waals surface area contributed by atoms with E-state index in [1.54, 1.807) is 0 Å². The Morgan fingerprint density at radius 3 is 2.40 bits per heavy atom. The summed E-state index contributed by atoms with van der Waals surface area (Å²) in [6.45, 7) is 3.72. The average molecular weight is 422 g/mol. The minimum absolute atomic E-state index is 0.0460. The fraction of sp³-hybridized carbons (Fsp3) is 0.208. The molecular formula is C24H24ClN3O2. The SMILES string of the molecule is O=C(CN1CCN(c2cccc(Cl)c2)CC1)Nc1ccccc1Oc1ccccc1. The molecule has 1 N–H and O–H groups in total. The van der Waals surface area contributed by atoms with Crippen molar-refractivity contribution in [2.45, 2.75) is 0 Å². The Hall–Kier alpha value is -3.02. The molecule has 5 nitrogen and oxygen atoms in total. The minimum atomic E-state index is -0.0460. The molecule has 6 heteroatoms. The topological polar surface area (TPSA) is 44.8 Å². The van der Waals surface area contributed by atoms with Crippen molar-refractivity contribution in [3.05, 3.63) is 83.9 Å². The summed E-state index contributed by atoms with van der Waals surface area (Å²) in [5.74, 6) is 1.31. The molecule has 1 saturated heterocycles. The largest absolute Gasteiger partial charge is 0.455 e. The average Bonchev–Trinajstić information content (AvgIpc) is 2.76. The van der Waals surface area contributed by atoms with Gasteiger partial charge in [-0.2, -0.15) is 0 Å². The summed E-state index contributed by atoms with van der Waals surface area (Å²) in [7, 11) is 0. The number of para-hydroxylation sites is 3. The molecule has 0 radical (unpaired) electrons. The summed E-state index contributed by atoms with van der Waals surface area (Å²) >= 11 is 6.10. The van der Waals surface area contributed by atoms with Gasteiger partial charge in [-0.15, -0.1) is 0 Å². The predicted octanol–water partition coefficient (Wildman–Crippen LogP) is 4.89. The maximum Gasteiger partial charge on any atom is 0.238 e. The first-order valence-electron chi connectivity index (χ1n) is 10.0. The second-order valence-corrected chi connectivity index (χ2v) is 7.64. The van der Waals surface area contributed by atoms with Crippen LogP contribution in [-0.4, -0.2) is 43.5 Å². The summed E-state index contributed by atoms with van der Waals surface area (Å²) in [4.78, 5) is 17.1. The number of nitrogens with one attached hydrogen (secondary N) is 1. The lowest BCUT2D eigenvalue weighted by Crippen LogP contribution is -2.48. The molecule has 4 rings (SSSR count). The summed E-state index contributed by atoms with van der Waals surface area (Å²) in [6.07, 6.45) is 0. The monoisotopic (exact) mass is 421 g/mol. The number of carbonyl (C=O) groups is 1. The van der Waals surface area contributed by atoms with Crippen LogP contribution < -0.4 is 15.0 Å². The fourth-order valence-electron chi connectivity index (χ4n) is 3.50. The van der Waals surface area contributed by atoms with Crippen molar-refractivity contribution < 1.29 is 9.53 Å². The molecular weight excluding hydrogens is 398 g/mol. The number of hydrogen-bond donors (Lipinski definition) is 1. The number of amides is 1. The molecule has 3 aromatic carbocycles. The smallest absolute Gasteiger partial charge is 0.238 e. The highest BCUT2D eigenvalue weighted by atomic mass is 35.5. The number of anilines is 2. The van der Waals surface area contributed by atoms with Gasteiger partial charge in [-0.1, -0.05) is 48.0 Å². The van der Waals surface area contributed by atoms with Crippen LogP contribution >= 0.6 is 11.6 Å². The molecule has 0 saturated carbocycles. The third kappa shape index (κ3) is 5.32. The first-order valence-corrected chi connectivity index (χ1v) is 10.4. The van der Waals surface area contributed by atoms with Crippen LogP contribution in [0.3, 0.4) is 0 Å². The minimum Gasteiger partial charge on any atom is -0.455 e. The first-order chi connectivity index (χ1) is 14.7. The lowest BCUT2D eigenvalue weighted by Gasteiger charge is -2.35. The highest BCUT2D eigenvalue weighted by molar-refractivity contribution is 6.30. The lowest BCUT2D eigenvalue weighted by atomic mass is 10.2. The quantitative estimate of drug-likeness (QED) is 0.615. The van der Waals surface area contributed by atoms with Crippen LogP contribution in [0.15, 0.2) is 78.9 Å². The number of benzene rings is 3. The Kier molecular flexibility index (Phi) is 6.52. The highest BCUT2D eigenvalue weighted by Crippen LogP contribution is 2.29. The van der Waals surface area contributed by atoms with E-state index in [1.807, 2.05) is 72.8 Å². The van der Waals surface area contributed by atoms with Crippen LogP contribution in [0, 0.1) is 0 Å². The maximum absolute atomic E-state index is 12.6. The van der Waals surface area contributed by atoms with Gasteiger partial charge in [-0.3, -0.25) is 9.69 Å². The Labute approximate surface area is 181 Å². The van der Waals surface area contributed by atoms with Gasteiger partial charge in [-0.05, 0) is 42.5 Å². The molecule has 3 aromatic rings. The highest BCUT2D eigenvalue weighted by Gasteiger charge is 2.20. The number of halogens is 1. The van der Waals surface area contributed by atoms with Crippen molar-refractivity contribution in [1.29, 1.82) is 0 Å². The molecule has 0 spiro atoms. The Morgan fingerprint density at radius 1 is 0.900 bits per heavy atom. The fourth-order valence-corrected chi connectivity index (χ4v) is 3.69. The van der Waals surface area contributed by atoms with Gasteiger partial charge in [0, 0.05) is 36.9 Å². The number of piperazine rings is 1. The maximum atomic E-state index is 12.6. The molecule has 0 aliphatic carbocycles. The molecule has 1 aliphatic heterocycles. The van der Waals surface area contributed by atoms with Gasteiger partial charge in [0.05, 0.1) is 12.2 Å². The molecule has 30 heavy (non-hydrogen) atoms. The van der Waals surface area contributed by atoms with E-state index in [1.165, 1.54) is 0 Å². The van der Waals surface area contributed by atoms with E-state index in [0.717, 1.165) is 42.6 Å². The van der Waals surface area contributed by atoms with Crippen LogP contribution in [0.5, 0.6) is 11.5 Å². The number of ether oxygens (including phenoxy) is 1. The van der Waals surface area contributed by atoms with E-state index in [4.69, 9.17) is 16.3 Å². The molecule has 154 valence electrons. The van der Waals surface area contributed by atoms with Crippen LogP contribution in [-0.2, 0) is 4.79 Å². The van der Waals surface area contributed by atoms with Gasteiger partial charge in [-0.25, -0.2) is 0 Å². The zero-order valence-electron chi connectivity index (χ0n) is 16.6. The van der Waals surface area contributed by atoms with Crippen LogP contribution in [0.4, 0.5) is 11.4 Å². The third-order valence-electron chi connectivity index (χ3n) is 5.05. The van der Waals surface area contributed by atoms with E-state index < -0.39 is 0 Å². The summed E-state index contributed by atoms with van der Waals surface area (Å²) in [5, 5.41) is 3.73. The second-order valence-electron chi connectivity index (χ2n) is 7.20. The summed E-state index contributed by atoms with van der Waals surface area (Å²) < 4.78 is 5.93. The molecule has 0 bridgehead atoms. The zero-order chi connectivity index (χ0) is 20.8. The summed E-state index contributed by atoms with van der Waals surface area (Å²) in [6, 6.07) is 24.9. The number of hydrogen-bond acceptors (Lipinski definition) is 4. The molecule has 1 aliphatic rings. The van der Waals surface area contributed by atoms with E-state index in [-0.39, 0.29) is 5.91 Å². The van der Waals surface area contributed by atoms with Gasteiger partial charge < -0.3 is 15.0 Å². The number of nitrogens with zero attached hydrogens (tertiary/aromatic N) is 2.